The molecule has 1 aliphatic heterocycles. The van der Waals surface area contributed by atoms with E-state index in [0.717, 1.165) is 47.3 Å². The summed E-state index contributed by atoms with van der Waals surface area (Å²) in [5.74, 6) is 0. The summed E-state index contributed by atoms with van der Waals surface area (Å²) in [6, 6.07) is 9.31. The number of pyridine rings is 1. The van der Waals surface area contributed by atoms with Gasteiger partial charge in [-0.2, -0.15) is 18.2 Å². The van der Waals surface area contributed by atoms with Gasteiger partial charge < -0.3 is 14.2 Å². The number of carbonyl (C=O) groups excluding carboxylic acids is 1. The number of aromatic nitrogens is 4. The molecule has 0 aliphatic carbocycles. The highest BCUT2D eigenvalue weighted by atomic mass is 19.4. The van der Waals surface area contributed by atoms with Crippen molar-refractivity contribution in [1.82, 2.24) is 24.0 Å². The van der Waals surface area contributed by atoms with Crippen LogP contribution in [0.4, 0.5) is 18.0 Å². The lowest BCUT2D eigenvalue weighted by Gasteiger charge is -2.26. The van der Waals surface area contributed by atoms with Crippen molar-refractivity contribution in [2.45, 2.75) is 51.9 Å². The first-order valence-corrected chi connectivity index (χ1v) is 12.5. The minimum atomic E-state index is -4.54. The Morgan fingerprint density at radius 3 is 2.49 bits per heavy atom. The van der Waals surface area contributed by atoms with E-state index in [1.54, 1.807) is 17.2 Å². The third-order valence-electron chi connectivity index (χ3n) is 6.69. The minimum Gasteiger partial charge on any atom is -0.444 e. The smallest absolute Gasteiger partial charge is 0.433 e. The molecular formula is C28H28F3N5O3. The van der Waals surface area contributed by atoms with Gasteiger partial charge in [0.2, 0.25) is 0 Å². The van der Waals surface area contributed by atoms with Crippen LogP contribution in [0.1, 0.15) is 44.1 Å². The molecule has 0 bridgehead atoms. The zero-order chi connectivity index (χ0) is 28.1. The standard InChI is InChI=1S/C28H28F3N5O3/c1-27(2,3)39-26(38)35-12-5-6-22-20(16-35)19-9-8-18(14-23(19)34(22)4)36-13-11-21(33-25(36)37)17-7-10-24(32-15-17)28(29,30)31/h7-11,13-15H,5-6,12,16H2,1-4H3. The van der Waals surface area contributed by atoms with Gasteiger partial charge in [0.05, 0.1) is 23.4 Å². The van der Waals surface area contributed by atoms with Crippen LogP contribution in [-0.2, 0) is 30.9 Å². The van der Waals surface area contributed by atoms with Crippen molar-refractivity contribution in [1.29, 1.82) is 0 Å². The van der Waals surface area contributed by atoms with E-state index in [-0.39, 0.29) is 11.8 Å². The molecule has 0 unspecified atom stereocenters. The van der Waals surface area contributed by atoms with Crippen molar-refractivity contribution in [3.8, 4) is 16.9 Å². The number of amides is 1. The highest BCUT2D eigenvalue weighted by molar-refractivity contribution is 5.88. The molecule has 4 heterocycles. The molecule has 39 heavy (non-hydrogen) atoms. The number of fused-ring (bicyclic) bond motifs is 3. The lowest BCUT2D eigenvalue weighted by atomic mass is 10.1. The van der Waals surface area contributed by atoms with Crippen molar-refractivity contribution >= 4 is 17.0 Å². The number of alkyl halides is 3. The summed E-state index contributed by atoms with van der Waals surface area (Å²) in [5, 5.41) is 0.986. The van der Waals surface area contributed by atoms with E-state index in [4.69, 9.17) is 4.74 Å². The number of ether oxygens (including phenoxy) is 1. The van der Waals surface area contributed by atoms with Crippen molar-refractivity contribution in [3.05, 3.63) is 76.2 Å². The molecule has 0 spiro atoms. The SMILES string of the molecule is Cn1c2c(c3ccc(-n4ccc(-c5ccc(C(F)(F)F)nc5)nc4=O)cc31)CN(C(=O)OC(C)(C)C)CCC2. The fourth-order valence-electron chi connectivity index (χ4n) is 4.86. The monoisotopic (exact) mass is 539 g/mol. The van der Waals surface area contributed by atoms with Gasteiger partial charge in [0.25, 0.3) is 0 Å². The summed E-state index contributed by atoms with van der Waals surface area (Å²) in [6.07, 6.45) is -0.693. The molecule has 1 aromatic carbocycles. The molecule has 0 N–H and O–H groups in total. The Morgan fingerprint density at radius 1 is 1.08 bits per heavy atom. The van der Waals surface area contributed by atoms with Crippen LogP contribution >= 0.6 is 0 Å². The van der Waals surface area contributed by atoms with Crippen LogP contribution in [0.5, 0.6) is 0 Å². The zero-order valence-electron chi connectivity index (χ0n) is 22.0. The van der Waals surface area contributed by atoms with Crippen molar-refractivity contribution in [2.75, 3.05) is 6.54 Å². The fourth-order valence-corrected chi connectivity index (χ4v) is 4.86. The molecule has 3 aromatic heterocycles. The fraction of sp³-hybridized carbons (Fsp3) is 0.357. The predicted molar refractivity (Wildman–Crippen MR) is 140 cm³/mol. The number of rotatable bonds is 2. The molecule has 0 saturated heterocycles. The van der Waals surface area contributed by atoms with Crippen LogP contribution < -0.4 is 5.69 Å². The van der Waals surface area contributed by atoms with E-state index in [2.05, 4.69) is 14.5 Å². The normalized spacial score (nSPS) is 14.3. The molecule has 8 nitrogen and oxygen atoms in total. The van der Waals surface area contributed by atoms with Gasteiger partial charge in [0.1, 0.15) is 11.3 Å². The number of nitrogens with zero attached hydrogens (tertiary/aromatic N) is 5. The molecule has 0 fully saturated rings. The highest BCUT2D eigenvalue weighted by Crippen LogP contribution is 2.32. The Bertz CT molecular complexity index is 1620. The molecule has 204 valence electrons. The van der Waals surface area contributed by atoms with Crippen LogP contribution in [0.3, 0.4) is 0 Å². The van der Waals surface area contributed by atoms with Gasteiger partial charge in [0.15, 0.2) is 0 Å². The summed E-state index contributed by atoms with van der Waals surface area (Å²) >= 11 is 0. The van der Waals surface area contributed by atoms with E-state index < -0.39 is 23.2 Å². The average Bonchev–Trinajstić information content (AvgIpc) is 3.00. The Hall–Kier alpha value is -4.15. The first kappa shape index (κ1) is 26.5. The number of hydrogen-bond donors (Lipinski definition) is 0. The summed E-state index contributed by atoms with van der Waals surface area (Å²) < 4.78 is 47.5. The number of aryl methyl sites for hydroxylation is 1. The van der Waals surface area contributed by atoms with Gasteiger partial charge in [-0.25, -0.2) is 9.59 Å². The molecule has 0 saturated carbocycles. The molecule has 5 rings (SSSR count). The maximum absolute atomic E-state index is 12.9. The third kappa shape index (κ3) is 5.25. The number of benzene rings is 1. The van der Waals surface area contributed by atoms with Crippen molar-refractivity contribution < 1.29 is 22.7 Å². The molecule has 1 aliphatic rings. The van der Waals surface area contributed by atoms with Gasteiger partial charge in [-0.15, -0.1) is 0 Å². The van der Waals surface area contributed by atoms with Gasteiger partial charge in [-0.1, -0.05) is 6.07 Å². The molecular weight excluding hydrogens is 511 g/mol. The minimum absolute atomic E-state index is 0.228. The molecule has 0 atom stereocenters. The second-order valence-electron chi connectivity index (χ2n) is 10.6. The molecule has 4 aromatic rings. The Balaban J connectivity index is 1.46. The average molecular weight is 540 g/mol. The summed E-state index contributed by atoms with van der Waals surface area (Å²) in [6.45, 7) is 6.56. The molecule has 11 heteroatoms. The van der Waals surface area contributed by atoms with E-state index in [9.17, 15) is 22.8 Å². The van der Waals surface area contributed by atoms with Gasteiger partial charge >= 0.3 is 18.0 Å². The zero-order valence-corrected chi connectivity index (χ0v) is 22.0. The quantitative estimate of drug-likeness (QED) is 0.337. The maximum Gasteiger partial charge on any atom is 0.433 e. The Kier molecular flexibility index (Phi) is 6.48. The van der Waals surface area contributed by atoms with E-state index in [1.165, 1.54) is 10.6 Å². The van der Waals surface area contributed by atoms with Crippen LogP contribution in [-0.4, -0.2) is 42.2 Å². The molecule has 0 radical (unpaired) electrons. The number of carbonyl (C=O) groups is 1. The van der Waals surface area contributed by atoms with E-state index in [0.29, 0.717) is 24.3 Å². The summed E-state index contributed by atoms with van der Waals surface area (Å²) in [5.41, 5.74) is 2.06. The first-order chi connectivity index (χ1) is 18.3. The van der Waals surface area contributed by atoms with Crippen molar-refractivity contribution in [3.63, 3.8) is 0 Å². The lowest BCUT2D eigenvalue weighted by Crippen LogP contribution is -2.36. The van der Waals surface area contributed by atoms with Crippen LogP contribution in [0.2, 0.25) is 0 Å². The topological polar surface area (TPSA) is 82.3 Å². The maximum atomic E-state index is 12.9. The van der Waals surface area contributed by atoms with Crippen LogP contribution in [0, 0.1) is 0 Å². The molecule has 1 amide bonds. The lowest BCUT2D eigenvalue weighted by molar-refractivity contribution is -0.141. The van der Waals surface area contributed by atoms with Gasteiger partial charge in [-0.3, -0.25) is 9.55 Å². The van der Waals surface area contributed by atoms with Gasteiger partial charge in [0, 0.05) is 48.2 Å². The largest absolute Gasteiger partial charge is 0.444 e. The number of halogens is 3. The third-order valence-corrected chi connectivity index (χ3v) is 6.69. The van der Waals surface area contributed by atoms with Crippen LogP contribution in [0.15, 0.2) is 53.6 Å². The van der Waals surface area contributed by atoms with Crippen LogP contribution in [0.25, 0.3) is 27.8 Å². The van der Waals surface area contributed by atoms with Crippen molar-refractivity contribution in [2.24, 2.45) is 7.05 Å². The van der Waals surface area contributed by atoms with Gasteiger partial charge in [-0.05, 0) is 63.9 Å². The predicted octanol–water partition coefficient (Wildman–Crippen LogP) is 5.49. The Morgan fingerprint density at radius 2 is 1.85 bits per heavy atom. The summed E-state index contributed by atoms with van der Waals surface area (Å²) in [4.78, 5) is 34.9. The Labute approximate surface area is 222 Å². The highest BCUT2D eigenvalue weighted by Gasteiger charge is 2.32. The second-order valence-corrected chi connectivity index (χ2v) is 10.6. The first-order valence-electron chi connectivity index (χ1n) is 12.5. The van der Waals surface area contributed by atoms with E-state index in [1.807, 2.05) is 46.0 Å². The summed E-state index contributed by atoms with van der Waals surface area (Å²) in [7, 11) is 1.97. The number of hydrogen-bond acceptors (Lipinski definition) is 5. The second kappa shape index (κ2) is 9.55. The van der Waals surface area contributed by atoms with E-state index >= 15 is 0 Å².